The molecule has 0 unspecified atom stereocenters. The molecular formula is C26H18S3. The van der Waals surface area contributed by atoms with Crippen LogP contribution >= 0.6 is 34.9 Å². The predicted octanol–water partition coefficient (Wildman–Crippen LogP) is 8.82. The topological polar surface area (TPSA) is 0 Å². The van der Waals surface area contributed by atoms with Crippen molar-refractivity contribution in [2.24, 2.45) is 0 Å². The minimum atomic E-state index is 1.26. The Morgan fingerprint density at radius 3 is 1.41 bits per heavy atom. The fraction of sp³-hybridized carbons (Fsp3) is 0. The third-order valence-electron chi connectivity index (χ3n) is 4.68. The molecule has 2 aliphatic carbocycles. The van der Waals surface area contributed by atoms with Crippen molar-refractivity contribution in [1.82, 2.24) is 0 Å². The maximum Gasteiger partial charge on any atom is 0.0365 e. The summed E-state index contributed by atoms with van der Waals surface area (Å²) in [7, 11) is 0. The van der Waals surface area contributed by atoms with Gasteiger partial charge >= 0.3 is 0 Å². The van der Waals surface area contributed by atoms with Gasteiger partial charge in [-0.1, -0.05) is 96.3 Å². The highest BCUT2D eigenvalue weighted by Crippen LogP contribution is 2.54. The first-order valence-electron chi connectivity index (χ1n) is 9.44. The highest BCUT2D eigenvalue weighted by Gasteiger charge is 2.25. The van der Waals surface area contributed by atoms with Crippen LogP contribution in [0.1, 0.15) is 0 Å². The molecule has 0 spiro atoms. The van der Waals surface area contributed by atoms with Crippen LogP contribution in [-0.4, -0.2) is 0 Å². The van der Waals surface area contributed by atoms with Gasteiger partial charge < -0.3 is 0 Å². The molecule has 3 heteroatoms. The van der Waals surface area contributed by atoms with Gasteiger partial charge in [0.1, 0.15) is 0 Å². The van der Waals surface area contributed by atoms with Crippen LogP contribution in [0.15, 0.2) is 128 Å². The molecule has 5 rings (SSSR count). The molecule has 0 amide bonds. The molecule has 0 atom stereocenters. The van der Waals surface area contributed by atoms with E-state index in [0.29, 0.717) is 0 Å². The van der Waals surface area contributed by atoms with Crippen molar-refractivity contribution in [3.05, 3.63) is 109 Å². The second-order valence-electron chi connectivity index (χ2n) is 6.58. The number of fused-ring (bicyclic) bond motifs is 1. The SMILES string of the molecule is c1ccc(Sc2c3cccccc-3c(Sc3ccccc3)c2-c2cccs2)cc1. The van der Waals surface area contributed by atoms with E-state index in [0.717, 1.165) is 0 Å². The van der Waals surface area contributed by atoms with E-state index in [-0.39, 0.29) is 0 Å². The zero-order chi connectivity index (χ0) is 19.5. The molecule has 0 saturated carbocycles. The lowest BCUT2D eigenvalue weighted by Crippen LogP contribution is -1.78. The van der Waals surface area contributed by atoms with Gasteiger partial charge in [-0.2, -0.15) is 0 Å². The quantitative estimate of drug-likeness (QED) is 0.275. The van der Waals surface area contributed by atoms with E-state index in [1.165, 1.54) is 41.1 Å². The number of hydrogen-bond acceptors (Lipinski definition) is 3. The van der Waals surface area contributed by atoms with Crippen LogP contribution in [-0.2, 0) is 0 Å². The lowest BCUT2D eigenvalue weighted by Gasteiger charge is -2.07. The Morgan fingerprint density at radius 2 is 0.966 bits per heavy atom. The third kappa shape index (κ3) is 3.86. The Balaban J connectivity index is 1.75. The molecular weight excluding hydrogens is 408 g/mol. The molecule has 2 aromatic carbocycles. The van der Waals surface area contributed by atoms with Crippen molar-refractivity contribution < 1.29 is 0 Å². The Labute approximate surface area is 184 Å². The average molecular weight is 427 g/mol. The van der Waals surface area contributed by atoms with E-state index in [9.17, 15) is 0 Å². The number of rotatable bonds is 5. The van der Waals surface area contributed by atoms with E-state index in [4.69, 9.17) is 0 Å². The van der Waals surface area contributed by atoms with Gasteiger partial charge in [0.15, 0.2) is 0 Å². The second-order valence-corrected chi connectivity index (χ2v) is 9.69. The molecule has 1 aromatic heterocycles. The van der Waals surface area contributed by atoms with Gasteiger partial charge in [-0.05, 0) is 46.8 Å². The van der Waals surface area contributed by atoms with Crippen LogP contribution in [0.4, 0.5) is 0 Å². The summed E-state index contributed by atoms with van der Waals surface area (Å²) in [6.07, 6.45) is 0. The van der Waals surface area contributed by atoms with Gasteiger partial charge in [0.25, 0.3) is 0 Å². The summed E-state index contributed by atoms with van der Waals surface area (Å²) < 4.78 is 0. The Hall–Kier alpha value is -2.46. The summed E-state index contributed by atoms with van der Waals surface area (Å²) in [6, 6.07) is 36.6. The van der Waals surface area contributed by atoms with Crippen molar-refractivity contribution in [2.75, 3.05) is 0 Å². The average Bonchev–Trinajstić information content (AvgIpc) is 3.29. The van der Waals surface area contributed by atoms with E-state index >= 15 is 0 Å². The van der Waals surface area contributed by atoms with Gasteiger partial charge in [0.2, 0.25) is 0 Å². The maximum atomic E-state index is 2.26. The highest BCUT2D eigenvalue weighted by atomic mass is 32.2. The normalized spacial score (nSPS) is 11.0. The minimum Gasteiger partial charge on any atom is -0.144 e. The van der Waals surface area contributed by atoms with Crippen molar-refractivity contribution in [3.8, 4) is 21.6 Å². The second kappa shape index (κ2) is 8.50. The first-order chi connectivity index (χ1) is 14.4. The lowest BCUT2D eigenvalue weighted by atomic mass is 10.2. The van der Waals surface area contributed by atoms with Gasteiger partial charge in [-0.15, -0.1) is 11.3 Å². The largest absolute Gasteiger partial charge is 0.144 e. The van der Waals surface area contributed by atoms with E-state index in [1.54, 1.807) is 0 Å². The van der Waals surface area contributed by atoms with Gasteiger partial charge in [-0.25, -0.2) is 0 Å². The predicted molar refractivity (Wildman–Crippen MR) is 128 cm³/mol. The maximum absolute atomic E-state index is 2.26. The first-order valence-corrected chi connectivity index (χ1v) is 12.0. The summed E-state index contributed by atoms with van der Waals surface area (Å²) >= 11 is 5.54. The van der Waals surface area contributed by atoms with Crippen LogP contribution in [0.3, 0.4) is 0 Å². The van der Waals surface area contributed by atoms with Crippen molar-refractivity contribution in [1.29, 1.82) is 0 Å². The lowest BCUT2D eigenvalue weighted by molar-refractivity contribution is 1.42. The van der Waals surface area contributed by atoms with Crippen molar-refractivity contribution >= 4 is 34.9 Å². The molecule has 1 heterocycles. The Morgan fingerprint density at radius 1 is 0.483 bits per heavy atom. The molecule has 0 saturated heterocycles. The third-order valence-corrected chi connectivity index (χ3v) is 7.83. The highest BCUT2D eigenvalue weighted by molar-refractivity contribution is 8.00. The molecule has 0 bridgehead atoms. The molecule has 0 fully saturated rings. The monoisotopic (exact) mass is 426 g/mol. The van der Waals surface area contributed by atoms with Crippen LogP contribution in [0, 0.1) is 0 Å². The fourth-order valence-corrected chi connectivity index (χ4v) is 6.62. The van der Waals surface area contributed by atoms with Crippen LogP contribution in [0.5, 0.6) is 0 Å². The van der Waals surface area contributed by atoms with Gasteiger partial charge in [-0.3, -0.25) is 0 Å². The number of thiophene rings is 1. The Bertz CT molecular complexity index is 1100. The van der Waals surface area contributed by atoms with Crippen LogP contribution in [0.25, 0.3) is 21.6 Å². The molecule has 0 radical (unpaired) electrons. The molecule has 2 aliphatic rings. The summed E-state index contributed by atoms with van der Waals surface area (Å²) in [6.45, 7) is 0. The zero-order valence-electron chi connectivity index (χ0n) is 15.6. The van der Waals surface area contributed by atoms with Crippen molar-refractivity contribution in [3.63, 3.8) is 0 Å². The number of benzene rings is 2. The molecule has 140 valence electrons. The number of hydrogen-bond donors (Lipinski definition) is 0. The van der Waals surface area contributed by atoms with E-state index in [2.05, 4.69) is 109 Å². The smallest absolute Gasteiger partial charge is 0.0365 e. The van der Waals surface area contributed by atoms with Crippen molar-refractivity contribution in [2.45, 2.75) is 19.6 Å². The summed E-state index contributed by atoms with van der Waals surface area (Å²) in [4.78, 5) is 6.52. The molecule has 0 nitrogen and oxygen atoms in total. The minimum absolute atomic E-state index is 1.26. The van der Waals surface area contributed by atoms with Crippen LogP contribution < -0.4 is 0 Å². The van der Waals surface area contributed by atoms with Crippen LogP contribution in [0.2, 0.25) is 0 Å². The van der Waals surface area contributed by atoms with Gasteiger partial charge in [0.05, 0.1) is 0 Å². The molecule has 0 aliphatic heterocycles. The summed E-state index contributed by atoms with van der Waals surface area (Å²) in [5.74, 6) is 0. The van der Waals surface area contributed by atoms with E-state index < -0.39 is 0 Å². The summed E-state index contributed by atoms with van der Waals surface area (Å²) in [5.41, 5.74) is 3.97. The summed E-state index contributed by atoms with van der Waals surface area (Å²) in [5, 5.41) is 2.17. The van der Waals surface area contributed by atoms with E-state index in [1.807, 2.05) is 34.9 Å². The molecule has 0 N–H and O–H groups in total. The molecule has 3 aromatic rings. The molecule has 29 heavy (non-hydrogen) atoms. The standard InChI is InChI=1S/C26H18S3/c1-4-11-19(12-5-1)28-25-21-15-8-3-9-16-22(21)26(24(25)23-17-10-18-27-23)29-20-13-6-2-7-14-20/h1-18H. The van der Waals surface area contributed by atoms with Gasteiger partial charge in [0, 0.05) is 30.0 Å². The zero-order valence-corrected chi connectivity index (χ0v) is 18.1. The Kier molecular flexibility index (Phi) is 5.44. The first kappa shape index (κ1) is 18.6. The fourth-order valence-electron chi connectivity index (χ4n) is 3.39.